The minimum absolute atomic E-state index is 0.645. The van der Waals surface area contributed by atoms with Gasteiger partial charge in [-0.25, -0.2) is 0 Å². The Bertz CT molecular complexity index is 329. The molecule has 4 heteroatoms. The van der Waals surface area contributed by atoms with E-state index < -0.39 is 0 Å². The van der Waals surface area contributed by atoms with Crippen LogP contribution in [0.1, 0.15) is 25.8 Å². The fraction of sp³-hybridized carbons (Fsp3) is 0.769. The molecular formula is C13H23N3O. The number of rotatable bonds is 6. The molecule has 96 valence electrons. The first-order valence-electron chi connectivity index (χ1n) is 6.54. The van der Waals surface area contributed by atoms with Gasteiger partial charge in [-0.05, 0) is 18.9 Å². The molecule has 1 N–H and O–H groups in total. The summed E-state index contributed by atoms with van der Waals surface area (Å²) in [5.41, 5.74) is 1.27. The van der Waals surface area contributed by atoms with Crippen LogP contribution in [0.4, 0.5) is 0 Å². The summed E-state index contributed by atoms with van der Waals surface area (Å²) >= 11 is 0. The van der Waals surface area contributed by atoms with Crippen molar-refractivity contribution in [3.63, 3.8) is 0 Å². The second kappa shape index (κ2) is 6.17. The van der Waals surface area contributed by atoms with Gasteiger partial charge in [-0.15, -0.1) is 0 Å². The molecule has 1 aliphatic heterocycles. The molecule has 0 aliphatic carbocycles. The number of nitrogens with zero attached hydrogens (tertiary/aromatic N) is 2. The number of hydrogen-bond acceptors (Lipinski definition) is 3. The summed E-state index contributed by atoms with van der Waals surface area (Å²) in [4.78, 5) is 0. The molecule has 2 rings (SSSR count). The molecule has 1 fully saturated rings. The van der Waals surface area contributed by atoms with Crippen LogP contribution >= 0.6 is 0 Å². The zero-order valence-corrected chi connectivity index (χ0v) is 10.9. The Balaban J connectivity index is 1.75. The second-order valence-electron chi connectivity index (χ2n) is 5.32. The normalized spacial score (nSPS) is 20.3. The van der Waals surface area contributed by atoms with Crippen molar-refractivity contribution < 1.29 is 4.74 Å². The minimum atomic E-state index is 0.645. The third kappa shape index (κ3) is 4.13. The highest BCUT2D eigenvalue weighted by atomic mass is 16.5. The van der Waals surface area contributed by atoms with Crippen molar-refractivity contribution in [1.29, 1.82) is 0 Å². The summed E-state index contributed by atoms with van der Waals surface area (Å²) in [5, 5.41) is 7.83. The predicted molar refractivity (Wildman–Crippen MR) is 67.7 cm³/mol. The molecule has 1 saturated heterocycles. The van der Waals surface area contributed by atoms with E-state index in [4.69, 9.17) is 4.74 Å². The second-order valence-corrected chi connectivity index (χ2v) is 5.32. The lowest BCUT2D eigenvalue weighted by Gasteiger charge is -2.07. The quantitative estimate of drug-likeness (QED) is 0.818. The molecule has 0 spiro atoms. The van der Waals surface area contributed by atoms with Crippen molar-refractivity contribution in [1.82, 2.24) is 15.1 Å². The van der Waals surface area contributed by atoms with Crippen molar-refractivity contribution in [2.45, 2.75) is 33.4 Å². The van der Waals surface area contributed by atoms with Gasteiger partial charge in [0.2, 0.25) is 0 Å². The maximum atomic E-state index is 5.37. The highest BCUT2D eigenvalue weighted by molar-refractivity contribution is 5.03. The molecule has 0 amide bonds. The summed E-state index contributed by atoms with van der Waals surface area (Å²) < 4.78 is 7.42. The van der Waals surface area contributed by atoms with Crippen molar-refractivity contribution in [3.8, 4) is 0 Å². The van der Waals surface area contributed by atoms with Gasteiger partial charge in [0.15, 0.2) is 0 Å². The Morgan fingerprint density at radius 2 is 2.47 bits per heavy atom. The summed E-state index contributed by atoms with van der Waals surface area (Å²) in [6.07, 6.45) is 5.27. The summed E-state index contributed by atoms with van der Waals surface area (Å²) in [6, 6.07) is 0. The van der Waals surface area contributed by atoms with E-state index in [2.05, 4.69) is 30.5 Å². The molecule has 0 bridgehead atoms. The van der Waals surface area contributed by atoms with Gasteiger partial charge in [0, 0.05) is 37.4 Å². The topological polar surface area (TPSA) is 39.1 Å². The van der Waals surface area contributed by atoms with Gasteiger partial charge in [0.1, 0.15) is 0 Å². The van der Waals surface area contributed by atoms with Gasteiger partial charge < -0.3 is 10.1 Å². The van der Waals surface area contributed by atoms with E-state index in [0.717, 1.165) is 32.8 Å². The van der Waals surface area contributed by atoms with Crippen LogP contribution < -0.4 is 5.32 Å². The Morgan fingerprint density at radius 1 is 1.59 bits per heavy atom. The third-order valence-corrected chi connectivity index (χ3v) is 3.04. The molecule has 1 aromatic rings. The van der Waals surface area contributed by atoms with Crippen LogP contribution in [0, 0.1) is 11.8 Å². The number of nitrogens with one attached hydrogen (secondary N) is 1. The summed E-state index contributed by atoms with van der Waals surface area (Å²) in [5.74, 6) is 1.34. The Hall–Kier alpha value is -0.870. The van der Waals surface area contributed by atoms with E-state index in [1.807, 2.05) is 10.9 Å². The van der Waals surface area contributed by atoms with Crippen LogP contribution in [-0.2, 0) is 17.8 Å². The minimum Gasteiger partial charge on any atom is -0.381 e. The van der Waals surface area contributed by atoms with Crippen LogP contribution in [-0.4, -0.2) is 29.5 Å². The fourth-order valence-corrected chi connectivity index (χ4v) is 2.09. The molecule has 1 aromatic heterocycles. The molecule has 0 aromatic carbocycles. The van der Waals surface area contributed by atoms with E-state index in [1.54, 1.807) is 0 Å². The van der Waals surface area contributed by atoms with Crippen LogP contribution in [0.2, 0.25) is 0 Å². The van der Waals surface area contributed by atoms with Crippen LogP contribution in [0.15, 0.2) is 12.4 Å². The van der Waals surface area contributed by atoms with Gasteiger partial charge in [-0.2, -0.15) is 5.10 Å². The molecule has 17 heavy (non-hydrogen) atoms. The van der Waals surface area contributed by atoms with Crippen LogP contribution in [0.3, 0.4) is 0 Å². The first-order chi connectivity index (χ1) is 8.24. The molecule has 1 atom stereocenters. The highest BCUT2D eigenvalue weighted by Gasteiger charge is 2.16. The van der Waals surface area contributed by atoms with E-state index in [0.29, 0.717) is 11.8 Å². The van der Waals surface area contributed by atoms with Crippen molar-refractivity contribution >= 4 is 0 Å². The zero-order chi connectivity index (χ0) is 12.1. The van der Waals surface area contributed by atoms with Gasteiger partial charge in [0.25, 0.3) is 0 Å². The smallest absolute Gasteiger partial charge is 0.0534 e. The van der Waals surface area contributed by atoms with Crippen LogP contribution in [0.5, 0.6) is 0 Å². The predicted octanol–water partition coefficient (Wildman–Crippen LogP) is 1.67. The van der Waals surface area contributed by atoms with Gasteiger partial charge in [-0.1, -0.05) is 13.8 Å². The Labute approximate surface area is 103 Å². The lowest BCUT2D eigenvalue weighted by Crippen LogP contribution is -2.18. The summed E-state index contributed by atoms with van der Waals surface area (Å²) in [7, 11) is 0. The van der Waals surface area contributed by atoms with Crippen molar-refractivity contribution in [3.05, 3.63) is 18.0 Å². The SMILES string of the molecule is CC(C)CNCc1cnn(CC2CCOC2)c1. The van der Waals surface area contributed by atoms with Gasteiger partial charge in [-0.3, -0.25) is 4.68 Å². The lowest BCUT2D eigenvalue weighted by molar-refractivity contribution is 0.181. The largest absolute Gasteiger partial charge is 0.381 e. The Morgan fingerprint density at radius 3 is 3.18 bits per heavy atom. The molecular weight excluding hydrogens is 214 g/mol. The van der Waals surface area contributed by atoms with Gasteiger partial charge >= 0.3 is 0 Å². The van der Waals surface area contributed by atoms with E-state index >= 15 is 0 Å². The maximum Gasteiger partial charge on any atom is 0.0534 e. The van der Waals surface area contributed by atoms with E-state index in [-0.39, 0.29) is 0 Å². The lowest BCUT2D eigenvalue weighted by atomic mass is 10.1. The molecule has 0 radical (unpaired) electrons. The molecule has 4 nitrogen and oxygen atoms in total. The average molecular weight is 237 g/mol. The number of ether oxygens (including phenoxy) is 1. The van der Waals surface area contributed by atoms with E-state index in [9.17, 15) is 0 Å². The monoisotopic (exact) mass is 237 g/mol. The maximum absolute atomic E-state index is 5.37. The molecule has 0 saturated carbocycles. The summed E-state index contributed by atoms with van der Waals surface area (Å²) in [6.45, 7) is 9.20. The third-order valence-electron chi connectivity index (χ3n) is 3.04. The Kier molecular flexibility index (Phi) is 4.57. The van der Waals surface area contributed by atoms with Gasteiger partial charge in [0.05, 0.1) is 12.8 Å². The van der Waals surface area contributed by atoms with Crippen LogP contribution in [0.25, 0.3) is 0 Å². The zero-order valence-electron chi connectivity index (χ0n) is 10.9. The molecule has 1 aliphatic rings. The van der Waals surface area contributed by atoms with E-state index in [1.165, 1.54) is 12.0 Å². The first kappa shape index (κ1) is 12.6. The van der Waals surface area contributed by atoms with Crippen molar-refractivity contribution in [2.75, 3.05) is 19.8 Å². The standard InChI is InChI=1S/C13H23N3O/c1-11(2)5-14-6-13-7-15-16(9-13)8-12-3-4-17-10-12/h7,9,11-12,14H,3-6,8,10H2,1-2H3. The molecule has 1 unspecified atom stereocenters. The number of hydrogen-bond donors (Lipinski definition) is 1. The average Bonchev–Trinajstić information content (AvgIpc) is 2.90. The van der Waals surface area contributed by atoms with Crippen molar-refractivity contribution in [2.24, 2.45) is 11.8 Å². The first-order valence-corrected chi connectivity index (χ1v) is 6.54. The molecule has 2 heterocycles. The number of aromatic nitrogens is 2. The fourth-order valence-electron chi connectivity index (χ4n) is 2.09. The highest BCUT2D eigenvalue weighted by Crippen LogP contribution is 2.14.